The fourth-order valence-electron chi connectivity index (χ4n) is 1.56. The van der Waals surface area contributed by atoms with E-state index in [-0.39, 0.29) is 11.2 Å². The molecule has 17 heavy (non-hydrogen) atoms. The fraction of sp³-hybridized carbons (Fsp3) is 0.308. The highest BCUT2D eigenvalue weighted by Crippen LogP contribution is 2.23. The number of hydrogen-bond donors (Lipinski definition) is 2. The maximum Gasteiger partial charge on any atom is 0.123 e. The second-order valence-corrected chi connectivity index (χ2v) is 4.74. The molecule has 0 aliphatic rings. The minimum atomic E-state index is -0.253. The zero-order valence-corrected chi connectivity index (χ0v) is 10.00. The van der Waals surface area contributed by atoms with Crippen molar-refractivity contribution in [1.82, 2.24) is 9.97 Å². The summed E-state index contributed by atoms with van der Waals surface area (Å²) in [5.41, 5.74) is 7.08. The predicted molar refractivity (Wildman–Crippen MR) is 66.1 cm³/mol. The summed E-state index contributed by atoms with van der Waals surface area (Å²) in [4.78, 5) is 7.50. The van der Waals surface area contributed by atoms with Crippen LogP contribution in [0.1, 0.15) is 19.7 Å². The van der Waals surface area contributed by atoms with Gasteiger partial charge in [0.05, 0.1) is 11.9 Å². The molecular weight excluding hydrogens is 217 g/mol. The van der Waals surface area contributed by atoms with E-state index in [0.29, 0.717) is 6.54 Å². The van der Waals surface area contributed by atoms with Crippen LogP contribution in [0.3, 0.4) is 0 Å². The molecule has 0 saturated heterocycles. The van der Waals surface area contributed by atoms with Crippen molar-refractivity contribution >= 4 is 0 Å². The van der Waals surface area contributed by atoms with Crippen molar-refractivity contribution in [3.63, 3.8) is 0 Å². The Kier molecular flexibility index (Phi) is 2.98. The largest absolute Gasteiger partial charge is 0.342 e. The number of imidazole rings is 1. The molecule has 2 aromatic rings. The quantitative estimate of drug-likeness (QED) is 0.855. The predicted octanol–water partition coefficient (Wildman–Crippen LogP) is 2.45. The molecule has 4 heteroatoms. The highest BCUT2D eigenvalue weighted by molar-refractivity contribution is 5.58. The van der Waals surface area contributed by atoms with Crippen LogP contribution in [-0.2, 0) is 5.41 Å². The van der Waals surface area contributed by atoms with E-state index in [9.17, 15) is 4.39 Å². The molecule has 2 rings (SSSR count). The van der Waals surface area contributed by atoms with E-state index in [1.807, 2.05) is 19.9 Å². The third-order valence-corrected chi connectivity index (χ3v) is 2.86. The van der Waals surface area contributed by atoms with Gasteiger partial charge in [-0.1, -0.05) is 26.0 Å². The van der Waals surface area contributed by atoms with Crippen LogP contribution >= 0.6 is 0 Å². The third-order valence-electron chi connectivity index (χ3n) is 2.86. The van der Waals surface area contributed by atoms with Gasteiger partial charge in [-0.25, -0.2) is 9.37 Å². The molecule has 1 aromatic heterocycles. The Bertz CT molecular complexity index is 517. The zero-order valence-electron chi connectivity index (χ0n) is 10.00. The number of nitrogens with two attached hydrogens (primary N) is 1. The molecule has 90 valence electrons. The van der Waals surface area contributed by atoms with Gasteiger partial charge in [0.25, 0.3) is 0 Å². The first kappa shape index (κ1) is 11.8. The van der Waals surface area contributed by atoms with Crippen molar-refractivity contribution in [2.45, 2.75) is 19.3 Å². The lowest BCUT2D eigenvalue weighted by Crippen LogP contribution is -2.29. The van der Waals surface area contributed by atoms with Gasteiger partial charge in [-0.3, -0.25) is 0 Å². The maximum atomic E-state index is 13.1. The molecule has 0 saturated carbocycles. The zero-order chi connectivity index (χ0) is 12.5. The molecule has 0 bridgehead atoms. The van der Waals surface area contributed by atoms with Gasteiger partial charge in [0.15, 0.2) is 0 Å². The lowest BCUT2D eigenvalue weighted by molar-refractivity contribution is 0.508. The minimum Gasteiger partial charge on any atom is -0.342 e. The van der Waals surface area contributed by atoms with Crippen molar-refractivity contribution in [3.05, 3.63) is 42.1 Å². The summed E-state index contributed by atoms with van der Waals surface area (Å²) >= 11 is 0. The molecule has 0 aliphatic carbocycles. The summed E-state index contributed by atoms with van der Waals surface area (Å²) in [6, 6.07) is 6.42. The van der Waals surface area contributed by atoms with Crippen LogP contribution in [0.4, 0.5) is 4.39 Å². The molecule has 0 unspecified atom stereocenters. The number of aromatic nitrogens is 2. The average Bonchev–Trinajstić information content (AvgIpc) is 2.79. The first-order valence-corrected chi connectivity index (χ1v) is 5.54. The van der Waals surface area contributed by atoms with E-state index >= 15 is 0 Å². The highest BCUT2D eigenvalue weighted by Gasteiger charge is 2.22. The summed E-state index contributed by atoms with van der Waals surface area (Å²) in [6.45, 7) is 4.53. The van der Waals surface area contributed by atoms with E-state index in [1.54, 1.807) is 12.3 Å². The number of H-pyrrole nitrogens is 1. The molecule has 0 atom stereocenters. The monoisotopic (exact) mass is 233 g/mol. The van der Waals surface area contributed by atoms with Gasteiger partial charge in [-0.15, -0.1) is 0 Å². The van der Waals surface area contributed by atoms with Gasteiger partial charge in [0.1, 0.15) is 11.6 Å². The number of benzene rings is 1. The number of nitrogens with zero attached hydrogens (tertiary/aromatic N) is 1. The number of halogens is 1. The normalized spacial score (nSPS) is 11.8. The summed E-state index contributed by atoms with van der Waals surface area (Å²) in [5.74, 6) is 0.566. The Balaban J connectivity index is 2.36. The molecule has 0 aliphatic heterocycles. The second-order valence-electron chi connectivity index (χ2n) is 4.74. The topological polar surface area (TPSA) is 54.7 Å². The third kappa shape index (κ3) is 2.36. The molecule has 0 amide bonds. The Morgan fingerprint density at radius 3 is 2.82 bits per heavy atom. The number of hydrogen-bond acceptors (Lipinski definition) is 2. The first-order chi connectivity index (χ1) is 8.03. The van der Waals surface area contributed by atoms with Gasteiger partial charge in [0.2, 0.25) is 0 Å². The summed E-state index contributed by atoms with van der Waals surface area (Å²) in [6.07, 6.45) is 1.71. The Morgan fingerprint density at radius 1 is 1.41 bits per heavy atom. The molecule has 1 aromatic carbocycles. The van der Waals surface area contributed by atoms with Crippen molar-refractivity contribution in [2.75, 3.05) is 6.54 Å². The second kappa shape index (κ2) is 4.30. The molecule has 0 fully saturated rings. The van der Waals surface area contributed by atoms with Gasteiger partial charge in [-0.05, 0) is 12.1 Å². The van der Waals surface area contributed by atoms with E-state index in [0.717, 1.165) is 17.1 Å². The standard InChI is InChI=1S/C13H16FN3/c1-13(2,8-15)12-16-7-11(17-12)9-4-3-5-10(14)6-9/h3-7H,8,15H2,1-2H3,(H,16,17). The van der Waals surface area contributed by atoms with Gasteiger partial charge >= 0.3 is 0 Å². The Labute approximate surface area is 99.9 Å². The lowest BCUT2D eigenvalue weighted by atomic mass is 9.93. The molecule has 1 heterocycles. The highest BCUT2D eigenvalue weighted by atomic mass is 19.1. The fourth-order valence-corrected chi connectivity index (χ4v) is 1.56. The van der Waals surface area contributed by atoms with Crippen LogP contribution in [0, 0.1) is 5.82 Å². The van der Waals surface area contributed by atoms with Crippen LogP contribution in [0.25, 0.3) is 11.3 Å². The number of rotatable bonds is 3. The van der Waals surface area contributed by atoms with E-state index in [1.165, 1.54) is 12.1 Å². The maximum absolute atomic E-state index is 13.1. The Hall–Kier alpha value is -1.68. The molecule has 3 nitrogen and oxygen atoms in total. The average molecular weight is 233 g/mol. The Morgan fingerprint density at radius 2 is 2.18 bits per heavy atom. The molecule has 0 radical (unpaired) electrons. The minimum absolute atomic E-state index is 0.203. The summed E-state index contributed by atoms with van der Waals surface area (Å²) < 4.78 is 13.1. The molecular formula is C13H16FN3. The number of aromatic amines is 1. The van der Waals surface area contributed by atoms with Gasteiger partial charge < -0.3 is 10.7 Å². The van der Waals surface area contributed by atoms with Crippen LogP contribution in [0.5, 0.6) is 0 Å². The van der Waals surface area contributed by atoms with E-state index in [4.69, 9.17) is 5.73 Å². The van der Waals surface area contributed by atoms with Crippen LogP contribution in [0.2, 0.25) is 0 Å². The summed E-state index contributed by atoms with van der Waals surface area (Å²) in [7, 11) is 0. The first-order valence-electron chi connectivity index (χ1n) is 5.54. The van der Waals surface area contributed by atoms with Gasteiger partial charge in [-0.2, -0.15) is 0 Å². The lowest BCUT2D eigenvalue weighted by Gasteiger charge is -2.18. The smallest absolute Gasteiger partial charge is 0.123 e. The SMILES string of the molecule is CC(C)(CN)c1ncc(-c2cccc(F)c2)[nH]1. The van der Waals surface area contributed by atoms with Crippen molar-refractivity contribution in [2.24, 2.45) is 5.73 Å². The van der Waals surface area contributed by atoms with E-state index < -0.39 is 0 Å². The van der Waals surface area contributed by atoms with E-state index in [2.05, 4.69) is 9.97 Å². The van der Waals surface area contributed by atoms with Crippen molar-refractivity contribution < 1.29 is 4.39 Å². The van der Waals surface area contributed by atoms with Crippen LogP contribution in [-0.4, -0.2) is 16.5 Å². The van der Waals surface area contributed by atoms with Crippen LogP contribution < -0.4 is 5.73 Å². The van der Waals surface area contributed by atoms with Crippen LogP contribution in [0.15, 0.2) is 30.5 Å². The molecule has 3 N–H and O–H groups in total. The number of nitrogens with one attached hydrogen (secondary N) is 1. The van der Waals surface area contributed by atoms with Crippen molar-refractivity contribution in [1.29, 1.82) is 0 Å². The summed E-state index contributed by atoms with van der Waals surface area (Å²) in [5, 5.41) is 0. The van der Waals surface area contributed by atoms with Crippen molar-refractivity contribution in [3.8, 4) is 11.3 Å². The van der Waals surface area contributed by atoms with Gasteiger partial charge in [0, 0.05) is 17.5 Å². The molecule has 0 spiro atoms.